The number of aliphatic imine (C=N–C) groups is 2. The van der Waals surface area contributed by atoms with Crippen molar-refractivity contribution in [3.63, 3.8) is 0 Å². The molecule has 7 nitrogen and oxygen atoms in total. The van der Waals surface area contributed by atoms with Crippen molar-refractivity contribution in [2.45, 2.75) is 58.3 Å². The second kappa shape index (κ2) is 10.2. The maximum absolute atomic E-state index is 13.7. The zero-order valence-corrected chi connectivity index (χ0v) is 20.4. The number of benzene rings is 1. The number of carbonyl (C=O) groups is 1. The van der Waals surface area contributed by atoms with Gasteiger partial charge in [0.25, 0.3) is 0 Å². The fraction of sp³-hybridized carbons (Fsp3) is 0.600. The second-order valence-electron chi connectivity index (χ2n) is 9.73. The first-order valence-corrected chi connectivity index (χ1v) is 11.5. The van der Waals surface area contributed by atoms with Crippen LogP contribution in [0.5, 0.6) is 0 Å². The lowest BCUT2D eigenvalue weighted by Gasteiger charge is -2.41. The number of halogens is 2. The van der Waals surface area contributed by atoms with Crippen molar-refractivity contribution in [1.82, 2.24) is 10.2 Å². The number of methoxy groups -OCH3 is 1. The van der Waals surface area contributed by atoms with E-state index in [0.29, 0.717) is 17.3 Å². The smallest absolute Gasteiger partial charge is 0.237 e. The number of carbonyl (C=O) groups excluding carboxylic acids is 1. The van der Waals surface area contributed by atoms with Gasteiger partial charge < -0.3 is 15.0 Å². The van der Waals surface area contributed by atoms with Crippen molar-refractivity contribution in [3.8, 4) is 6.07 Å². The van der Waals surface area contributed by atoms with E-state index in [1.54, 1.807) is 26.3 Å². The van der Waals surface area contributed by atoms with Crippen molar-refractivity contribution < 1.29 is 18.3 Å². The Morgan fingerprint density at radius 2 is 2.00 bits per heavy atom. The van der Waals surface area contributed by atoms with E-state index in [0.717, 1.165) is 12.8 Å². The Kier molecular flexibility index (Phi) is 7.71. The molecule has 1 aromatic rings. The number of alkyl halides is 1. The van der Waals surface area contributed by atoms with Crippen LogP contribution in [0.3, 0.4) is 0 Å². The summed E-state index contributed by atoms with van der Waals surface area (Å²) in [6.45, 7) is 6.28. The second-order valence-corrected chi connectivity index (χ2v) is 9.73. The van der Waals surface area contributed by atoms with Crippen LogP contribution in [0.1, 0.15) is 45.6 Å². The van der Waals surface area contributed by atoms with Crippen molar-refractivity contribution in [1.29, 1.82) is 5.26 Å². The monoisotopic (exact) mass is 473 g/mol. The van der Waals surface area contributed by atoms with Crippen LogP contribution in [0.4, 0.5) is 8.78 Å². The molecule has 1 aliphatic heterocycles. The fourth-order valence-electron chi connectivity index (χ4n) is 5.07. The summed E-state index contributed by atoms with van der Waals surface area (Å²) in [5, 5.41) is 12.6. The Bertz CT molecular complexity index is 1000. The first-order chi connectivity index (χ1) is 16.1. The molecule has 0 radical (unpaired) electrons. The van der Waals surface area contributed by atoms with E-state index in [1.165, 1.54) is 17.0 Å². The molecule has 1 saturated heterocycles. The molecule has 9 heteroatoms. The first-order valence-electron chi connectivity index (χ1n) is 11.5. The Hall–Kier alpha value is -2.86. The topological polar surface area (TPSA) is 90.1 Å². The van der Waals surface area contributed by atoms with Crippen molar-refractivity contribution in [3.05, 3.63) is 35.6 Å². The van der Waals surface area contributed by atoms with E-state index in [4.69, 9.17) is 9.73 Å². The molecule has 0 spiro atoms. The molecule has 1 aliphatic carbocycles. The summed E-state index contributed by atoms with van der Waals surface area (Å²) in [7, 11) is 3.20. The van der Waals surface area contributed by atoms with Gasteiger partial charge in [0.05, 0.1) is 31.7 Å². The molecule has 4 atom stereocenters. The van der Waals surface area contributed by atoms with E-state index < -0.39 is 17.6 Å². The highest BCUT2D eigenvalue weighted by atomic mass is 19.1. The third-order valence-corrected chi connectivity index (χ3v) is 7.63. The summed E-state index contributed by atoms with van der Waals surface area (Å²) in [6, 6.07) is 7.26. The van der Waals surface area contributed by atoms with Crippen LogP contribution >= 0.6 is 0 Å². The van der Waals surface area contributed by atoms with Crippen molar-refractivity contribution in [2.24, 2.45) is 20.8 Å². The lowest BCUT2D eigenvalue weighted by Crippen LogP contribution is -2.51. The zero-order chi connectivity index (χ0) is 25.1. The van der Waals surface area contributed by atoms with Gasteiger partial charge in [-0.3, -0.25) is 9.79 Å². The van der Waals surface area contributed by atoms with Gasteiger partial charge in [-0.2, -0.15) is 10.3 Å². The third kappa shape index (κ3) is 4.83. The van der Waals surface area contributed by atoms with Gasteiger partial charge in [0.1, 0.15) is 18.0 Å². The third-order valence-electron chi connectivity index (χ3n) is 7.63. The molecule has 0 bridgehead atoms. The SMILES string of the molecule is C/N=C(\N=C(/OC)[C@@]1(C)CC[C@@H](NCC(=O)N2C[C@@H](F)C[C@H]2C#N)C1(C)C)c1ccc(F)cc1. The molecule has 1 saturated carbocycles. The molecule has 0 unspecified atom stereocenters. The number of nitrogens with one attached hydrogen (secondary N) is 1. The fourth-order valence-corrected chi connectivity index (χ4v) is 5.07. The van der Waals surface area contributed by atoms with E-state index in [9.17, 15) is 18.8 Å². The minimum atomic E-state index is -1.16. The van der Waals surface area contributed by atoms with Crippen molar-refractivity contribution in [2.75, 3.05) is 27.2 Å². The van der Waals surface area contributed by atoms with Gasteiger partial charge in [-0.15, -0.1) is 0 Å². The zero-order valence-electron chi connectivity index (χ0n) is 20.4. The van der Waals surface area contributed by atoms with E-state index in [2.05, 4.69) is 31.1 Å². The Morgan fingerprint density at radius 1 is 1.32 bits per heavy atom. The number of hydrogen-bond donors (Lipinski definition) is 1. The number of amidine groups is 1. The summed E-state index contributed by atoms with van der Waals surface area (Å²) in [5.41, 5.74) is -0.140. The molecule has 3 rings (SSSR count). The first kappa shape index (κ1) is 25.8. The Labute approximate surface area is 199 Å². The molecule has 1 N–H and O–H groups in total. The van der Waals surface area contributed by atoms with Crippen LogP contribution in [-0.2, 0) is 9.53 Å². The van der Waals surface area contributed by atoms with Gasteiger partial charge >= 0.3 is 0 Å². The number of rotatable bonds is 5. The molecule has 1 amide bonds. The van der Waals surface area contributed by atoms with Crippen LogP contribution in [0.15, 0.2) is 34.3 Å². The highest BCUT2D eigenvalue weighted by Crippen LogP contribution is 2.53. The minimum Gasteiger partial charge on any atom is -0.484 e. The number of ether oxygens (including phenoxy) is 1. The molecule has 0 aromatic heterocycles. The Balaban J connectivity index is 1.76. The predicted molar refractivity (Wildman–Crippen MR) is 127 cm³/mol. The average Bonchev–Trinajstić information content (AvgIpc) is 3.30. The maximum Gasteiger partial charge on any atom is 0.237 e. The molecular formula is C25H33F2N5O2. The average molecular weight is 474 g/mol. The summed E-state index contributed by atoms with van der Waals surface area (Å²) in [5.74, 6) is 0.355. The summed E-state index contributed by atoms with van der Waals surface area (Å²) >= 11 is 0. The quantitative estimate of drug-likeness (QED) is 0.524. The normalized spacial score (nSPS) is 29.2. The van der Waals surface area contributed by atoms with E-state index >= 15 is 0 Å². The van der Waals surface area contributed by atoms with Gasteiger partial charge in [0, 0.05) is 25.1 Å². The molecule has 2 aliphatic rings. The van der Waals surface area contributed by atoms with Crippen LogP contribution in [0.2, 0.25) is 0 Å². The van der Waals surface area contributed by atoms with Crippen LogP contribution in [-0.4, -0.2) is 68.0 Å². The Morgan fingerprint density at radius 3 is 2.59 bits per heavy atom. The highest BCUT2D eigenvalue weighted by Gasteiger charge is 2.55. The van der Waals surface area contributed by atoms with Gasteiger partial charge in [0.15, 0.2) is 11.7 Å². The van der Waals surface area contributed by atoms with Gasteiger partial charge in [-0.05, 0) is 42.5 Å². The number of nitriles is 1. The van der Waals surface area contributed by atoms with Gasteiger partial charge in [0.2, 0.25) is 5.91 Å². The lowest BCUT2D eigenvalue weighted by atomic mass is 9.67. The largest absolute Gasteiger partial charge is 0.484 e. The summed E-state index contributed by atoms with van der Waals surface area (Å²) < 4.78 is 32.8. The molecular weight excluding hydrogens is 440 g/mol. The van der Waals surface area contributed by atoms with Crippen LogP contribution < -0.4 is 5.32 Å². The molecule has 1 heterocycles. The van der Waals surface area contributed by atoms with Crippen LogP contribution in [0, 0.1) is 28.0 Å². The highest BCUT2D eigenvalue weighted by molar-refractivity contribution is 6.06. The number of amides is 1. The molecule has 1 aromatic carbocycles. The maximum atomic E-state index is 13.7. The standard InChI is InChI=1S/C25H33F2N5O2/c1-24(2)20(30-14-21(33)32-15-18(27)12-19(32)13-28)10-11-25(24,3)23(34-5)31-22(29-4)16-6-8-17(26)9-7-16/h6-9,18-20,30H,10-12,14-15H2,1-5H3/b29-22-,31-23-/t18-,19-,20+,25+/m0/s1. The van der Waals surface area contributed by atoms with Gasteiger partial charge in [-0.1, -0.05) is 20.8 Å². The number of likely N-dealkylation sites (tertiary alicyclic amines) is 1. The summed E-state index contributed by atoms with van der Waals surface area (Å²) in [4.78, 5) is 23.0. The van der Waals surface area contributed by atoms with Gasteiger partial charge in [-0.25, -0.2) is 8.78 Å². The minimum absolute atomic E-state index is 0.0288. The number of hydrogen-bond acceptors (Lipinski definition) is 5. The van der Waals surface area contributed by atoms with Crippen molar-refractivity contribution >= 4 is 17.6 Å². The molecule has 184 valence electrons. The van der Waals surface area contributed by atoms with E-state index in [-0.39, 0.29) is 42.7 Å². The summed E-state index contributed by atoms with van der Waals surface area (Å²) in [6.07, 6.45) is 0.451. The molecule has 2 fully saturated rings. The molecule has 34 heavy (non-hydrogen) atoms. The predicted octanol–water partition coefficient (Wildman–Crippen LogP) is 3.49. The van der Waals surface area contributed by atoms with E-state index in [1.807, 2.05) is 6.07 Å². The number of nitrogens with zero attached hydrogens (tertiary/aromatic N) is 4. The lowest BCUT2D eigenvalue weighted by molar-refractivity contribution is -0.130. The van der Waals surface area contributed by atoms with Crippen LogP contribution in [0.25, 0.3) is 0 Å².